The molecule has 0 saturated heterocycles. The molecule has 0 saturated carbocycles. The first-order valence-electron chi connectivity index (χ1n) is 6.60. The lowest BCUT2D eigenvalue weighted by Crippen LogP contribution is -2.16. The summed E-state index contributed by atoms with van der Waals surface area (Å²) in [5.74, 6) is 1.61. The third-order valence-electron chi connectivity index (χ3n) is 3.10. The van der Waals surface area contributed by atoms with E-state index in [4.69, 9.17) is 4.74 Å². The fourth-order valence-corrected chi connectivity index (χ4v) is 2.03. The molecule has 2 rings (SSSR count). The van der Waals surface area contributed by atoms with Crippen molar-refractivity contribution >= 4 is 0 Å². The summed E-state index contributed by atoms with van der Waals surface area (Å²) >= 11 is 0. The first-order chi connectivity index (χ1) is 9.22. The lowest BCUT2D eigenvalue weighted by Gasteiger charge is -2.13. The highest BCUT2D eigenvalue weighted by atomic mass is 16.5. The second-order valence-electron chi connectivity index (χ2n) is 4.59. The van der Waals surface area contributed by atoms with Gasteiger partial charge in [0, 0.05) is 6.04 Å². The van der Waals surface area contributed by atoms with Crippen molar-refractivity contribution in [2.45, 2.75) is 26.3 Å². The van der Waals surface area contributed by atoms with E-state index in [0.29, 0.717) is 6.04 Å². The van der Waals surface area contributed by atoms with Gasteiger partial charge in [-0.15, -0.1) is 0 Å². The Morgan fingerprint density at radius 2 is 2.05 bits per heavy atom. The van der Waals surface area contributed by atoms with Crippen molar-refractivity contribution in [1.82, 2.24) is 10.3 Å². The predicted octanol–water partition coefficient (Wildman–Crippen LogP) is 3.85. The van der Waals surface area contributed by atoms with Crippen molar-refractivity contribution in [1.29, 1.82) is 0 Å². The van der Waals surface area contributed by atoms with E-state index in [1.165, 1.54) is 5.56 Å². The first kappa shape index (κ1) is 13.6. The van der Waals surface area contributed by atoms with Crippen molar-refractivity contribution in [3.63, 3.8) is 0 Å². The van der Waals surface area contributed by atoms with Crippen LogP contribution in [-0.4, -0.2) is 12.0 Å². The number of aryl methyl sites for hydroxylation is 1. The molecule has 3 heteroatoms. The zero-order valence-electron chi connectivity index (χ0n) is 11.7. The van der Waals surface area contributed by atoms with Crippen LogP contribution in [0, 0.1) is 6.92 Å². The van der Waals surface area contributed by atoms with Crippen LogP contribution in [0.5, 0.6) is 11.5 Å². The Bertz CT molecular complexity index is 519. The van der Waals surface area contributed by atoms with Crippen LogP contribution in [0.4, 0.5) is 0 Å². The molecule has 0 bridgehead atoms. The van der Waals surface area contributed by atoms with Gasteiger partial charge in [-0.05, 0) is 50.2 Å². The fourth-order valence-electron chi connectivity index (χ4n) is 2.03. The lowest BCUT2D eigenvalue weighted by molar-refractivity contribution is 0.477. The summed E-state index contributed by atoms with van der Waals surface area (Å²) in [5, 5.41) is 3.24. The van der Waals surface area contributed by atoms with E-state index < -0.39 is 0 Å². The van der Waals surface area contributed by atoms with Crippen molar-refractivity contribution in [3.8, 4) is 11.5 Å². The molecule has 19 heavy (non-hydrogen) atoms. The van der Waals surface area contributed by atoms with E-state index in [9.17, 15) is 0 Å². The van der Waals surface area contributed by atoms with Gasteiger partial charge in [-0.1, -0.05) is 19.1 Å². The topological polar surface area (TPSA) is 34.1 Å². The Morgan fingerprint density at radius 3 is 2.63 bits per heavy atom. The van der Waals surface area contributed by atoms with Gasteiger partial charge in [0.2, 0.25) is 0 Å². The maximum Gasteiger partial charge on any atom is 0.145 e. The summed E-state index contributed by atoms with van der Waals surface area (Å²) in [7, 11) is 1.95. The zero-order valence-corrected chi connectivity index (χ0v) is 11.7. The number of nitrogens with zero attached hydrogens (tertiary/aromatic N) is 1. The Balaban J connectivity index is 2.10. The fraction of sp³-hybridized carbons (Fsp3) is 0.312. The van der Waals surface area contributed by atoms with Crippen LogP contribution in [0.2, 0.25) is 0 Å². The van der Waals surface area contributed by atoms with Crippen LogP contribution in [-0.2, 0) is 0 Å². The van der Waals surface area contributed by atoms with Gasteiger partial charge in [0.1, 0.15) is 11.5 Å². The molecule has 1 aromatic carbocycles. The van der Waals surface area contributed by atoms with Crippen LogP contribution >= 0.6 is 0 Å². The van der Waals surface area contributed by atoms with Gasteiger partial charge < -0.3 is 10.1 Å². The number of hydrogen-bond donors (Lipinski definition) is 1. The number of ether oxygens (including phenoxy) is 1. The minimum Gasteiger partial charge on any atom is -0.456 e. The van der Waals surface area contributed by atoms with Crippen molar-refractivity contribution in [3.05, 3.63) is 53.9 Å². The molecule has 100 valence electrons. The SMILES string of the molecule is CCC(NC)c1ccc(Oc2cccc(C)c2)cn1. The van der Waals surface area contributed by atoms with Crippen LogP contribution < -0.4 is 10.1 Å². The van der Waals surface area contributed by atoms with Gasteiger partial charge in [-0.25, -0.2) is 0 Å². The smallest absolute Gasteiger partial charge is 0.145 e. The Morgan fingerprint density at radius 1 is 1.21 bits per heavy atom. The molecular formula is C16H20N2O. The minimum absolute atomic E-state index is 0.299. The maximum absolute atomic E-state index is 5.78. The van der Waals surface area contributed by atoms with E-state index in [-0.39, 0.29) is 0 Å². The summed E-state index contributed by atoms with van der Waals surface area (Å²) in [5.41, 5.74) is 2.23. The monoisotopic (exact) mass is 256 g/mol. The molecule has 1 heterocycles. The summed E-state index contributed by atoms with van der Waals surface area (Å²) < 4.78 is 5.78. The molecule has 3 nitrogen and oxygen atoms in total. The summed E-state index contributed by atoms with van der Waals surface area (Å²) in [6.07, 6.45) is 2.79. The van der Waals surface area contributed by atoms with Crippen LogP contribution in [0.1, 0.15) is 30.6 Å². The molecule has 0 radical (unpaired) electrons. The quantitative estimate of drug-likeness (QED) is 0.882. The normalized spacial score (nSPS) is 12.2. The van der Waals surface area contributed by atoms with Crippen LogP contribution in [0.15, 0.2) is 42.6 Å². The number of pyridine rings is 1. The largest absolute Gasteiger partial charge is 0.456 e. The number of benzene rings is 1. The molecule has 0 aliphatic carbocycles. The molecule has 1 unspecified atom stereocenters. The molecule has 0 aliphatic heterocycles. The van der Waals surface area contributed by atoms with E-state index in [2.05, 4.69) is 17.2 Å². The molecule has 2 aromatic rings. The summed E-state index contributed by atoms with van der Waals surface area (Å²) in [4.78, 5) is 4.45. The summed E-state index contributed by atoms with van der Waals surface area (Å²) in [6.45, 7) is 4.19. The molecule has 1 atom stereocenters. The van der Waals surface area contributed by atoms with Crippen LogP contribution in [0.3, 0.4) is 0 Å². The molecular weight excluding hydrogens is 236 g/mol. The molecule has 0 fully saturated rings. The van der Waals surface area contributed by atoms with E-state index >= 15 is 0 Å². The van der Waals surface area contributed by atoms with Crippen molar-refractivity contribution in [2.24, 2.45) is 0 Å². The van der Waals surface area contributed by atoms with Gasteiger partial charge in [0.15, 0.2) is 0 Å². The van der Waals surface area contributed by atoms with E-state index in [1.54, 1.807) is 6.20 Å². The van der Waals surface area contributed by atoms with Crippen molar-refractivity contribution < 1.29 is 4.74 Å². The highest BCUT2D eigenvalue weighted by Crippen LogP contribution is 2.23. The molecule has 0 amide bonds. The maximum atomic E-state index is 5.78. The number of hydrogen-bond acceptors (Lipinski definition) is 3. The molecule has 1 aromatic heterocycles. The Kier molecular flexibility index (Phi) is 4.53. The summed E-state index contributed by atoms with van der Waals surface area (Å²) in [6, 6.07) is 12.3. The Hall–Kier alpha value is -1.87. The highest BCUT2D eigenvalue weighted by Gasteiger charge is 2.07. The number of aromatic nitrogens is 1. The minimum atomic E-state index is 0.299. The van der Waals surface area contributed by atoms with Gasteiger partial charge >= 0.3 is 0 Å². The molecule has 0 spiro atoms. The average molecular weight is 256 g/mol. The van der Waals surface area contributed by atoms with Gasteiger partial charge in [-0.2, -0.15) is 0 Å². The first-order valence-corrected chi connectivity index (χ1v) is 6.60. The lowest BCUT2D eigenvalue weighted by atomic mass is 10.1. The van der Waals surface area contributed by atoms with Gasteiger partial charge in [0.05, 0.1) is 11.9 Å². The van der Waals surface area contributed by atoms with Crippen molar-refractivity contribution in [2.75, 3.05) is 7.05 Å². The highest BCUT2D eigenvalue weighted by molar-refractivity contribution is 5.32. The molecule has 1 N–H and O–H groups in total. The second kappa shape index (κ2) is 6.34. The number of nitrogens with one attached hydrogen (secondary N) is 1. The third kappa shape index (κ3) is 3.55. The third-order valence-corrected chi connectivity index (χ3v) is 3.10. The van der Waals surface area contributed by atoms with E-state index in [0.717, 1.165) is 23.6 Å². The van der Waals surface area contributed by atoms with E-state index in [1.807, 2.05) is 50.4 Å². The standard InChI is InChI=1S/C16H20N2O/c1-4-15(17-3)16-9-8-14(11-18-16)19-13-7-5-6-12(2)10-13/h5-11,15,17H,4H2,1-3H3. The van der Waals surface area contributed by atoms with Gasteiger partial charge in [0.25, 0.3) is 0 Å². The van der Waals surface area contributed by atoms with Crippen LogP contribution in [0.25, 0.3) is 0 Å². The Labute approximate surface area is 114 Å². The number of rotatable bonds is 5. The predicted molar refractivity (Wildman–Crippen MR) is 77.6 cm³/mol. The zero-order chi connectivity index (χ0) is 13.7. The second-order valence-corrected chi connectivity index (χ2v) is 4.59. The molecule has 0 aliphatic rings. The average Bonchev–Trinajstić information content (AvgIpc) is 2.42. The van der Waals surface area contributed by atoms with Gasteiger partial charge in [-0.3, -0.25) is 4.98 Å².